The molecule has 2 N–H and O–H groups in total. The largest absolute Gasteiger partial charge is 0.450 e. The zero-order valence-corrected chi connectivity index (χ0v) is 13.0. The Hall–Kier alpha value is -1.82. The van der Waals surface area contributed by atoms with Crippen molar-refractivity contribution in [3.05, 3.63) is 0 Å². The monoisotopic (exact) mass is 319 g/mol. The lowest BCUT2D eigenvalue weighted by Gasteiger charge is -2.17. The normalized spacial score (nSPS) is 12.0. The summed E-state index contributed by atoms with van der Waals surface area (Å²) in [5, 5.41) is 13.0. The third kappa shape index (κ3) is 10.6. The number of carbonyl (C=O) groups is 2. The second kappa shape index (κ2) is 9.99. The smallest absolute Gasteiger partial charge is 0.407 e. The van der Waals surface area contributed by atoms with E-state index in [2.05, 4.69) is 10.6 Å². The van der Waals surface area contributed by atoms with Crippen LogP contribution in [0.15, 0.2) is 0 Å². The van der Waals surface area contributed by atoms with E-state index >= 15 is 0 Å². The minimum atomic E-state index is -3.47. The van der Waals surface area contributed by atoms with E-state index in [0.29, 0.717) is 6.42 Å². The van der Waals surface area contributed by atoms with Gasteiger partial charge in [-0.05, 0) is 6.42 Å². The van der Waals surface area contributed by atoms with Gasteiger partial charge in [-0.2, -0.15) is 5.26 Å². The second-order valence-corrected chi connectivity index (χ2v) is 6.66. The second-order valence-electron chi connectivity index (χ2n) is 4.48. The number of rotatable bonds is 9. The van der Waals surface area contributed by atoms with Gasteiger partial charge < -0.3 is 15.4 Å². The fourth-order valence-electron chi connectivity index (χ4n) is 1.34. The highest BCUT2D eigenvalue weighted by atomic mass is 32.2. The molecule has 0 bridgehead atoms. The van der Waals surface area contributed by atoms with E-state index in [1.807, 2.05) is 13.0 Å². The van der Waals surface area contributed by atoms with Crippen LogP contribution < -0.4 is 10.6 Å². The Morgan fingerprint density at radius 3 is 2.57 bits per heavy atom. The highest BCUT2D eigenvalue weighted by molar-refractivity contribution is 7.90. The number of nitrogens with one attached hydrogen (secondary N) is 2. The van der Waals surface area contributed by atoms with Gasteiger partial charge in [0.15, 0.2) is 0 Å². The molecule has 0 fully saturated rings. The van der Waals surface area contributed by atoms with E-state index in [9.17, 15) is 18.0 Å². The van der Waals surface area contributed by atoms with Gasteiger partial charge in [0.05, 0.1) is 24.8 Å². The predicted molar refractivity (Wildman–Crippen MR) is 76.1 cm³/mol. The van der Waals surface area contributed by atoms with Crippen molar-refractivity contribution in [1.29, 1.82) is 5.26 Å². The Balaban J connectivity index is 4.55. The Bertz CT molecular complexity index is 484. The number of ether oxygens (including phenoxy) is 1. The van der Waals surface area contributed by atoms with E-state index in [-0.39, 0.29) is 19.6 Å². The van der Waals surface area contributed by atoms with Crippen molar-refractivity contribution in [2.45, 2.75) is 32.2 Å². The minimum Gasteiger partial charge on any atom is -0.450 e. The average Bonchev–Trinajstić information content (AvgIpc) is 2.37. The summed E-state index contributed by atoms with van der Waals surface area (Å²) in [6.07, 6.45) is 1.74. The molecule has 21 heavy (non-hydrogen) atoms. The molecule has 0 aliphatic rings. The Labute approximate surface area is 124 Å². The molecule has 0 saturated heterocycles. The van der Waals surface area contributed by atoms with E-state index < -0.39 is 33.6 Å². The van der Waals surface area contributed by atoms with Crippen molar-refractivity contribution in [2.75, 3.05) is 25.2 Å². The fraction of sp³-hybridized carbons (Fsp3) is 0.750. The van der Waals surface area contributed by atoms with Crippen molar-refractivity contribution < 1.29 is 22.7 Å². The van der Waals surface area contributed by atoms with E-state index in [4.69, 9.17) is 10.00 Å². The van der Waals surface area contributed by atoms with Gasteiger partial charge >= 0.3 is 6.09 Å². The zero-order chi connectivity index (χ0) is 16.3. The van der Waals surface area contributed by atoms with Crippen LogP contribution in [0, 0.1) is 11.3 Å². The number of sulfone groups is 1. The lowest BCUT2D eigenvalue weighted by molar-refractivity contribution is -0.122. The molecule has 1 unspecified atom stereocenters. The predicted octanol–water partition coefficient (Wildman–Crippen LogP) is -0.0442. The zero-order valence-electron chi connectivity index (χ0n) is 12.2. The highest BCUT2D eigenvalue weighted by Crippen LogP contribution is 1.95. The lowest BCUT2D eigenvalue weighted by atomic mass is 10.3. The number of alkyl carbamates (subject to hydrolysis) is 1. The van der Waals surface area contributed by atoms with Gasteiger partial charge in [-0.1, -0.05) is 13.3 Å². The van der Waals surface area contributed by atoms with Gasteiger partial charge in [0.25, 0.3) is 0 Å². The van der Waals surface area contributed by atoms with Gasteiger partial charge in [0.1, 0.15) is 15.9 Å². The van der Waals surface area contributed by atoms with Crippen molar-refractivity contribution in [2.24, 2.45) is 0 Å². The molecule has 2 amide bonds. The topological polar surface area (TPSA) is 125 Å². The molecule has 0 aromatic heterocycles. The molecular weight excluding hydrogens is 298 g/mol. The Kier molecular flexibility index (Phi) is 9.12. The molecular formula is C12H21N3O5S. The van der Waals surface area contributed by atoms with Crippen LogP contribution in [0.2, 0.25) is 0 Å². The molecule has 0 aliphatic heterocycles. The number of unbranched alkanes of at least 4 members (excludes halogenated alkanes) is 1. The van der Waals surface area contributed by atoms with Gasteiger partial charge in [-0.3, -0.25) is 4.79 Å². The van der Waals surface area contributed by atoms with Crippen molar-refractivity contribution in [1.82, 2.24) is 10.6 Å². The summed E-state index contributed by atoms with van der Waals surface area (Å²) in [5.74, 6) is -1.20. The molecule has 9 heteroatoms. The van der Waals surface area contributed by atoms with Crippen LogP contribution in [0.25, 0.3) is 0 Å². The first kappa shape index (κ1) is 19.2. The maximum absolute atomic E-state index is 11.8. The molecule has 8 nitrogen and oxygen atoms in total. The summed E-state index contributed by atoms with van der Waals surface area (Å²) in [5.41, 5.74) is 0. The van der Waals surface area contributed by atoms with Crippen LogP contribution in [0.5, 0.6) is 0 Å². The van der Waals surface area contributed by atoms with Crippen LogP contribution in [0.4, 0.5) is 4.79 Å². The van der Waals surface area contributed by atoms with Crippen molar-refractivity contribution in [3.63, 3.8) is 0 Å². The molecule has 0 aliphatic carbocycles. The van der Waals surface area contributed by atoms with E-state index in [0.717, 1.165) is 12.7 Å². The number of hydrogen-bond acceptors (Lipinski definition) is 6. The Morgan fingerprint density at radius 2 is 2.05 bits per heavy atom. The van der Waals surface area contributed by atoms with Crippen LogP contribution >= 0.6 is 0 Å². The minimum absolute atomic E-state index is 0.0855. The molecule has 0 rings (SSSR count). The summed E-state index contributed by atoms with van der Waals surface area (Å²) >= 11 is 0. The third-order valence-electron chi connectivity index (χ3n) is 2.35. The summed E-state index contributed by atoms with van der Waals surface area (Å²) < 4.78 is 27.4. The van der Waals surface area contributed by atoms with Crippen molar-refractivity contribution in [3.8, 4) is 6.07 Å². The van der Waals surface area contributed by atoms with Crippen LogP contribution in [0.3, 0.4) is 0 Å². The maximum Gasteiger partial charge on any atom is 0.407 e. The molecule has 0 heterocycles. The molecule has 0 spiro atoms. The number of nitrogens with zero attached hydrogens (tertiary/aromatic N) is 1. The van der Waals surface area contributed by atoms with Crippen LogP contribution in [0.1, 0.15) is 26.2 Å². The third-order valence-corrected chi connectivity index (χ3v) is 3.28. The standard InChI is InChI=1S/C12H21N3O5S/c1-3-4-8-20-12(17)15-10(9-21(2,18)19)11(16)14-7-5-6-13/h10H,3-5,7-9H2,1-2H3,(H,14,16)(H,15,17). The summed E-state index contributed by atoms with van der Waals surface area (Å²) in [7, 11) is -3.47. The number of nitriles is 1. The number of hydrogen-bond donors (Lipinski definition) is 2. The molecule has 0 radical (unpaired) electrons. The van der Waals surface area contributed by atoms with E-state index in [1.54, 1.807) is 0 Å². The fourth-order valence-corrected chi connectivity index (χ4v) is 2.18. The van der Waals surface area contributed by atoms with Crippen molar-refractivity contribution >= 4 is 21.8 Å². The SMILES string of the molecule is CCCCOC(=O)NC(CS(C)(=O)=O)C(=O)NCCC#N. The highest BCUT2D eigenvalue weighted by Gasteiger charge is 2.25. The molecule has 0 aromatic carbocycles. The lowest BCUT2D eigenvalue weighted by Crippen LogP contribution is -2.50. The Morgan fingerprint density at radius 1 is 1.38 bits per heavy atom. The van der Waals surface area contributed by atoms with E-state index in [1.165, 1.54) is 0 Å². The molecule has 0 saturated carbocycles. The maximum atomic E-state index is 11.8. The number of carbonyl (C=O) groups excluding carboxylic acids is 2. The molecule has 0 aromatic rings. The van der Waals surface area contributed by atoms with Crippen LogP contribution in [-0.4, -0.2) is 51.6 Å². The first-order valence-electron chi connectivity index (χ1n) is 6.55. The van der Waals surface area contributed by atoms with Crippen LogP contribution in [-0.2, 0) is 19.4 Å². The molecule has 1 atom stereocenters. The van der Waals surface area contributed by atoms with Gasteiger partial charge in [0.2, 0.25) is 5.91 Å². The van der Waals surface area contributed by atoms with Gasteiger partial charge in [-0.15, -0.1) is 0 Å². The van der Waals surface area contributed by atoms with Gasteiger partial charge in [-0.25, -0.2) is 13.2 Å². The summed E-state index contributed by atoms with van der Waals surface area (Å²) in [6.45, 7) is 2.21. The first-order chi connectivity index (χ1) is 9.80. The quantitative estimate of drug-likeness (QED) is 0.574. The summed E-state index contributed by atoms with van der Waals surface area (Å²) in [4.78, 5) is 23.3. The van der Waals surface area contributed by atoms with Gasteiger partial charge in [0, 0.05) is 12.8 Å². The molecule has 120 valence electrons. The summed E-state index contributed by atoms with van der Waals surface area (Å²) in [6, 6.07) is 0.598. The number of amides is 2. The average molecular weight is 319 g/mol. The first-order valence-corrected chi connectivity index (χ1v) is 8.62.